The summed E-state index contributed by atoms with van der Waals surface area (Å²) in [6, 6.07) is 4.91. The van der Waals surface area contributed by atoms with E-state index >= 15 is 0 Å². The van der Waals surface area contributed by atoms with Gasteiger partial charge >= 0.3 is 6.01 Å². The Morgan fingerprint density at radius 1 is 1.07 bits per heavy atom. The number of hydrogen-bond acceptors (Lipinski definition) is 7. The Morgan fingerprint density at radius 3 is 2.48 bits per heavy atom. The molecule has 1 aromatic heterocycles. The third-order valence-electron chi connectivity index (χ3n) is 3.91. The molecule has 4 N–H and O–H groups in total. The standard InChI is InChI=1S/C19H15F3N4O3/c1-2-10-3-6-15(14(21)7-10)24-17-12(4-5-13(20)16(17)22)18-25-26-19(29-18)23-11(8-27)9-28/h1,3-7,11,24,27-28H,8-9H2,(H,23,26). The maximum absolute atomic E-state index is 14.5. The molecule has 0 radical (unpaired) electrons. The van der Waals surface area contributed by atoms with Crippen LogP contribution < -0.4 is 10.6 Å². The summed E-state index contributed by atoms with van der Waals surface area (Å²) in [5.41, 5.74) is -0.320. The first-order valence-electron chi connectivity index (χ1n) is 8.30. The molecule has 0 amide bonds. The first-order chi connectivity index (χ1) is 14.0. The summed E-state index contributed by atoms with van der Waals surface area (Å²) in [6.07, 6.45) is 5.21. The number of nitrogens with zero attached hydrogens (tertiary/aromatic N) is 2. The minimum Gasteiger partial charge on any atom is -0.403 e. The zero-order valence-electron chi connectivity index (χ0n) is 14.8. The molecule has 3 aromatic rings. The van der Waals surface area contributed by atoms with E-state index in [9.17, 15) is 13.2 Å². The number of aliphatic hydroxyl groups excluding tert-OH is 2. The monoisotopic (exact) mass is 404 g/mol. The van der Waals surface area contributed by atoms with E-state index in [1.165, 1.54) is 18.2 Å². The van der Waals surface area contributed by atoms with Gasteiger partial charge < -0.3 is 25.3 Å². The molecule has 3 rings (SSSR count). The maximum atomic E-state index is 14.5. The Kier molecular flexibility index (Phi) is 6.01. The van der Waals surface area contributed by atoms with Gasteiger partial charge in [-0.15, -0.1) is 11.5 Å². The van der Waals surface area contributed by atoms with Gasteiger partial charge in [-0.2, -0.15) is 0 Å². The first-order valence-corrected chi connectivity index (χ1v) is 8.30. The highest BCUT2D eigenvalue weighted by Gasteiger charge is 2.21. The third-order valence-corrected chi connectivity index (χ3v) is 3.91. The van der Waals surface area contributed by atoms with Gasteiger partial charge in [-0.25, -0.2) is 13.2 Å². The van der Waals surface area contributed by atoms with Crippen LogP contribution in [0.25, 0.3) is 11.5 Å². The van der Waals surface area contributed by atoms with Crippen molar-refractivity contribution < 1.29 is 27.8 Å². The average molecular weight is 404 g/mol. The average Bonchev–Trinajstić information content (AvgIpc) is 3.19. The summed E-state index contributed by atoms with van der Waals surface area (Å²) in [4.78, 5) is 0. The summed E-state index contributed by atoms with van der Waals surface area (Å²) in [5.74, 6) is -1.15. The minimum atomic E-state index is -1.28. The fraction of sp³-hybridized carbons (Fsp3) is 0.158. The molecule has 0 bridgehead atoms. The molecular formula is C19H15F3N4O3. The number of terminal acetylenes is 1. The Hall–Kier alpha value is -3.55. The highest BCUT2D eigenvalue weighted by Crippen LogP contribution is 2.34. The molecule has 0 saturated carbocycles. The van der Waals surface area contributed by atoms with Gasteiger partial charge in [-0.3, -0.25) is 0 Å². The van der Waals surface area contributed by atoms with Crippen LogP contribution in [0.4, 0.5) is 30.6 Å². The molecule has 0 spiro atoms. The van der Waals surface area contributed by atoms with E-state index in [2.05, 4.69) is 26.8 Å². The first kappa shape index (κ1) is 20.2. The highest BCUT2D eigenvalue weighted by atomic mass is 19.2. The van der Waals surface area contributed by atoms with Crippen LogP contribution in [0.2, 0.25) is 0 Å². The SMILES string of the molecule is C#Cc1ccc(Nc2c(-c3nnc(NC(CO)CO)o3)ccc(F)c2F)c(F)c1. The van der Waals surface area contributed by atoms with Crippen molar-refractivity contribution >= 4 is 17.4 Å². The quantitative estimate of drug-likeness (QED) is 0.449. The molecule has 150 valence electrons. The highest BCUT2D eigenvalue weighted by molar-refractivity contribution is 5.78. The van der Waals surface area contributed by atoms with Crippen molar-refractivity contribution in [1.29, 1.82) is 0 Å². The predicted molar refractivity (Wildman–Crippen MR) is 98.9 cm³/mol. The van der Waals surface area contributed by atoms with Gasteiger partial charge in [-0.05, 0) is 30.3 Å². The van der Waals surface area contributed by atoms with Crippen molar-refractivity contribution in [2.45, 2.75) is 6.04 Å². The van der Waals surface area contributed by atoms with Crippen LogP contribution in [-0.4, -0.2) is 39.7 Å². The molecule has 10 heteroatoms. The number of halogens is 3. The number of nitrogens with one attached hydrogen (secondary N) is 2. The topological polar surface area (TPSA) is 103 Å². The van der Waals surface area contributed by atoms with E-state index in [1.807, 2.05) is 0 Å². The summed E-state index contributed by atoms with van der Waals surface area (Å²) >= 11 is 0. The predicted octanol–water partition coefficient (Wildman–Crippen LogP) is 2.64. The van der Waals surface area contributed by atoms with Crippen molar-refractivity contribution in [1.82, 2.24) is 10.2 Å². The maximum Gasteiger partial charge on any atom is 0.316 e. The number of anilines is 3. The van der Waals surface area contributed by atoms with Gasteiger partial charge in [-0.1, -0.05) is 11.0 Å². The van der Waals surface area contributed by atoms with E-state index < -0.39 is 42.4 Å². The van der Waals surface area contributed by atoms with E-state index in [0.29, 0.717) is 0 Å². The van der Waals surface area contributed by atoms with Crippen LogP contribution in [0.1, 0.15) is 5.56 Å². The summed E-state index contributed by atoms with van der Waals surface area (Å²) in [6.45, 7) is -0.807. The van der Waals surface area contributed by atoms with Crippen LogP contribution >= 0.6 is 0 Å². The van der Waals surface area contributed by atoms with Crippen molar-refractivity contribution in [2.24, 2.45) is 0 Å². The second-order valence-electron chi connectivity index (χ2n) is 5.87. The number of rotatable bonds is 7. The number of aliphatic hydroxyl groups is 2. The number of benzene rings is 2. The molecule has 29 heavy (non-hydrogen) atoms. The Balaban J connectivity index is 1.98. The van der Waals surface area contributed by atoms with Gasteiger partial charge in [0, 0.05) is 5.56 Å². The molecule has 0 atom stereocenters. The molecule has 7 nitrogen and oxygen atoms in total. The second kappa shape index (κ2) is 8.64. The normalized spacial score (nSPS) is 10.8. The molecule has 0 fully saturated rings. The van der Waals surface area contributed by atoms with E-state index in [1.54, 1.807) is 0 Å². The number of aromatic nitrogens is 2. The molecule has 0 aliphatic carbocycles. The second-order valence-corrected chi connectivity index (χ2v) is 5.87. The lowest BCUT2D eigenvalue weighted by atomic mass is 10.1. The molecule has 0 saturated heterocycles. The lowest BCUT2D eigenvalue weighted by Crippen LogP contribution is -2.27. The zero-order chi connectivity index (χ0) is 21.0. The zero-order valence-corrected chi connectivity index (χ0v) is 14.8. The van der Waals surface area contributed by atoms with Crippen LogP contribution in [0.5, 0.6) is 0 Å². The summed E-state index contributed by atoms with van der Waals surface area (Å²) in [7, 11) is 0. The Bertz CT molecular complexity index is 1060. The van der Waals surface area contributed by atoms with Gasteiger partial charge in [0.2, 0.25) is 0 Å². The lowest BCUT2D eigenvalue weighted by Gasteiger charge is -2.13. The van der Waals surface area contributed by atoms with Crippen LogP contribution in [-0.2, 0) is 0 Å². The molecule has 1 heterocycles. The summed E-state index contributed by atoms with van der Waals surface area (Å²) in [5, 5.41) is 30.7. The van der Waals surface area contributed by atoms with Crippen molar-refractivity contribution in [2.75, 3.05) is 23.8 Å². The van der Waals surface area contributed by atoms with Crippen molar-refractivity contribution in [3.8, 4) is 23.8 Å². The van der Waals surface area contributed by atoms with Crippen LogP contribution in [0, 0.1) is 29.8 Å². The van der Waals surface area contributed by atoms with E-state index in [-0.39, 0.29) is 28.7 Å². The van der Waals surface area contributed by atoms with Gasteiger partial charge in [0.05, 0.1) is 36.2 Å². The molecule has 2 aromatic carbocycles. The van der Waals surface area contributed by atoms with Crippen molar-refractivity contribution in [3.05, 3.63) is 53.3 Å². The largest absolute Gasteiger partial charge is 0.403 e. The molecular weight excluding hydrogens is 389 g/mol. The lowest BCUT2D eigenvalue weighted by molar-refractivity contribution is 0.202. The fourth-order valence-corrected chi connectivity index (χ4v) is 2.41. The van der Waals surface area contributed by atoms with E-state index in [0.717, 1.165) is 12.1 Å². The van der Waals surface area contributed by atoms with E-state index in [4.69, 9.17) is 21.1 Å². The fourth-order valence-electron chi connectivity index (χ4n) is 2.41. The third kappa shape index (κ3) is 4.31. The van der Waals surface area contributed by atoms with Gasteiger partial charge in [0.15, 0.2) is 11.6 Å². The molecule has 0 unspecified atom stereocenters. The minimum absolute atomic E-state index is 0.0329. The van der Waals surface area contributed by atoms with Crippen molar-refractivity contribution in [3.63, 3.8) is 0 Å². The molecule has 0 aliphatic heterocycles. The smallest absolute Gasteiger partial charge is 0.316 e. The van der Waals surface area contributed by atoms with Gasteiger partial charge in [0.25, 0.3) is 5.89 Å². The van der Waals surface area contributed by atoms with Crippen LogP contribution in [0.15, 0.2) is 34.7 Å². The van der Waals surface area contributed by atoms with Crippen LogP contribution in [0.3, 0.4) is 0 Å². The Morgan fingerprint density at radius 2 is 1.83 bits per heavy atom. The number of hydrogen-bond donors (Lipinski definition) is 4. The Labute approximate surface area is 163 Å². The molecule has 0 aliphatic rings. The van der Waals surface area contributed by atoms with Gasteiger partial charge in [0.1, 0.15) is 5.82 Å². The summed E-state index contributed by atoms with van der Waals surface area (Å²) < 4.78 is 47.8.